The minimum Gasteiger partial charge on any atom is -0.497 e. The Balaban J connectivity index is 2.01. The zero-order valence-corrected chi connectivity index (χ0v) is 16.5. The quantitative estimate of drug-likeness (QED) is 0.652. The summed E-state index contributed by atoms with van der Waals surface area (Å²) < 4.78 is 43.9. The number of rotatable bonds is 7. The number of hydrogen-bond acceptors (Lipinski definition) is 6. The van der Waals surface area contributed by atoms with Gasteiger partial charge in [-0.15, -0.1) is 0 Å². The largest absolute Gasteiger partial charge is 0.497 e. The molecule has 0 saturated carbocycles. The molecule has 0 unspecified atom stereocenters. The summed E-state index contributed by atoms with van der Waals surface area (Å²) in [5.41, 5.74) is 1.41. The summed E-state index contributed by atoms with van der Waals surface area (Å²) in [6, 6.07) is 14.7. The molecular formula is C20H20N2O5S. The highest BCUT2D eigenvalue weighted by molar-refractivity contribution is 7.92. The van der Waals surface area contributed by atoms with E-state index >= 15 is 0 Å². The van der Waals surface area contributed by atoms with E-state index in [1.165, 1.54) is 26.4 Å². The van der Waals surface area contributed by atoms with Gasteiger partial charge in [-0.1, -0.05) is 0 Å². The molecule has 3 aromatic rings. The molecule has 1 N–H and O–H groups in total. The summed E-state index contributed by atoms with van der Waals surface area (Å²) in [6.07, 6.45) is 1.59. The van der Waals surface area contributed by atoms with Gasteiger partial charge in [0.25, 0.3) is 10.0 Å². The van der Waals surface area contributed by atoms with Crippen molar-refractivity contribution in [3.63, 3.8) is 0 Å². The first kappa shape index (κ1) is 19.5. The first-order valence-corrected chi connectivity index (χ1v) is 9.81. The number of anilines is 1. The zero-order valence-electron chi connectivity index (χ0n) is 15.7. The number of nitrogens with one attached hydrogen (secondary N) is 1. The van der Waals surface area contributed by atoms with Crippen molar-refractivity contribution in [1.82, 2.24) is 4.98 Å². The number of benzene rings is 2. The van der Waals surface area contributed by atoms with Crippen LogP contribution in [0.1, 0.15) is 0 Å². The van der Waals surface area contributed by atoms with Gasteiger partial charge < -0.3 is 14.2 Å². The topological polar surface area (TPSA) is 86.8 Å². The Labute approximate surface area is 164 Å². The van der Waals surface area contributed by atoms with Gasteiger partial charge in [0.1, 0.15) is 17.2 Å². The number of aromatic nitrogens is 1. The Kier molecular flexibility index (Phi) is 5.70. The Hall–Kier alpha value is -3.26. The summed E-state index contributed by atoms with van der Waals surface area (Å²) in [5.74, 6) is 1.71. The lowest BCUT2D eigenvalue weighted by molar-refractivity contribution is 0.395. The minimum absolute atomic E-state index is 0.116. The molecule has 0 bridgehead atoms. The van der Waals surface area contributed by atoms with E-state index in [2.05, 4.69) is 9.71 Å². The third-order valence-corrected chi connectivity index (χ3v) is 5.47. The van der Waals surface area contributed by atoms with Gasteiger partial charge in [0.2, 0.25) is 0 Å². The van der Waals surface area contributed by atoms with Crippen LogP contribution >= 0.6 is 0 Å². The predicted octanol–water partition coefficient (Wildman–Crippen LogP) is 3.58. The monoisotopic (exact) mass is 400 g/mol. The highest BCUT2D eigenvalue weighted by atomic mass is 32.2. The minimum atomic E-state index is -3.81. The zero-order chi connectivity index (χ0) is 20.1. The molecule has 0 saturated heterocycles. The van der Waals surface area contributed by atoms with Gasteiger partial charge in [0.05, 0.1) is 37.6 Å². The molecule has 0 spiro atoms. The van der Waals surface area contributed by atoms with Crippen LogP contribution in [0, 0.1) is 0 Å². The van der Waals surface area contributed by atoms with Crippen LogP contribution < -0.4 is 18.9 Å². The number of nitrogens with zero attached hydrogens (tertiary/aromatic N) is 1. The molecule has 0 aliphatic carbocycles. The van der Waals surface area contributed by atoms with E-state index in [4.69, 9.17) is 14.2 Å². The van der Waals surface area contributed by atoms with Gasteiger partial charge in [0, 0.05) is 17.8 Å². The van der Waals surface area contributed by atoms with Crippen molar-refractivity contribution in [2.24, 2.45) is 0 Å². The Morgan fingerprint density at radius 3 is 2.18 bits per heavy atom. The average molecular weight is 400 g/mol. The molecular weight excluding hydrogens is 380 g/mol. The van der Waals surface area contributed by atoms with E-state index in [-0.39, 0.29) is 4.90 Å². The van der Waals surface area contributed by atoms with E-state index in [0.717, 1.165) is 0 Å². The van der Waals surface area contributed by atoms with Gasteiger partial charge in [-0.3, -0.25) is 9.71 Å². The number of ether oxygens (including phenoxy) is 3. The van der Waals surface area contributed by atoms with Crippen molar-refractivity contribution in [1.29, 1.82) is 0 Å². The Morgan fingerprint density at radius 1 is 0.857 bits per heavy atom. The van der Waals surface area contributed by atoms with E-state index in [1.807, 2.05) is 0 Å². The average Bonchev–Trinajstić information content (AvgIpc) is 2.73. The molecule has 0 amide bonds. The maximum Gasteiger partial charge on any atom is 0.261 e. The van der Waals surface area contributed by atoms with Crippen LogP contribution in [0.25, 0.3) is 11.3 Å². The van der Waals surface area contributed by atoms with Crippen LogP contribution in [-0.2, 0) is 10.0 Å². The summed E-state index contributed by atoms with van der Waals surface area (Å²) in [4.78, 5) is 4.47. The van der Waals surface area contributed by atoms with Gasteiger partial charge in [-0.2, -0.15) is 0 Å². The molecule has 146 valence electrons. The molecule has 28 heavy (non-hydrogen) atoms. The lowest BCUT2D eigenvalue weighted by Gasteiger charge is -2.15. The third kappa shape index (κ3) is 4.01. The van der Waals surface area contributed by atoms with Crippen molar-refractivity contribution in [2.45, 2.75) is 4.90 Å². The fraction of sp³-hybridized carbons (Fsp3) is 0.150. The number of hydrogen-bond donors (Lipinski definition) is 1. The molecule has 2 aromatic carbocycles. The molecule has 1 heterocycles. The molecule has 3 rings (SSSR count). The fourth-order valence-electron chi connectivity index (χ4n) is 2.66. The molecule has 0 aliphatic heterocycles. The maximum absolute atomic E-state index is 12.8. The van der Waals surface area contributed by atoms with Crippen molar-refractivity contribution in [3.8, 4) is 28.5 Å². The Bertz CT molecular complexity index is 1070. The number of sulfonamides is 1. The third-order valence-electron chi connectivity index (χ3n) is 4.09. The summed E-state index contributed by atoms with van der Waals surface area (Å²) in [6.45, 7) is 0. The molecule has 8 heteroatoms. The second-order valence-corrected chi connectivity index (χ2v) is 7.43. The van der Waals surface area contributed by atoms with Crippen LogP contribution in [0.4, 0.5) is 5.69 Å². The number of pyridine rings is 1. The lowest BCUT2D eigenvalue weighted by atomic mass is 10.1. The normalized spacial score (nSPS) is 11.0. The first-order chi connectivity index (χ1) is 13.5. The van der Waals surface area contributed by atoms with Crippen LogP contribution in [0.15, 0.2) is 65.7 Å². The van der Waals surface area contributed by atoms with Crippen molar-refractivity contribution < 1.29 is 22.6 Å². The Morgan fingerprint density at radius 2 is 1.54 bits per heavy atom. The fourth-order valence-corrected chi connectivity index (χ4v) is 3.72. The molecule has 0 aliphatic rings. The van der Waals surface area contributed by atoms with Crippen molar-refractivity contribution in [3.05, 3.63) is 60.8 Å². The summed E-state index contributed by atoms with van der Waals surface area (Å²) in [7, 11) is 0.797. The van der Waals surface area contributed by atoms with E-state index in [0.29, 0.717) is 34.2 Å². The van der Waals surface area contributed by atoms with Crippen molar-refractivity contribution >= 4 is 15.7 Å². The number of methoxy groups -OCH3 is 3. The molecule has 0 fully saturated rings. The second kappa shape index (κ2) is 8.18. The predicted molar refractivity (Wildman–Crippen MR) is 107 cm³/mol. The first-order valence-electron chi connectivity index (χ1n) is 8.33. The highest BCUT2D eigenvalue weighted by Crippen LogP contribution is 2.36. The van der Waals surface area contributed by atoms with E-state index < -0.39 is 10.0 Å². The van der Waals surface area contributed by atoms with Crippen LogP contribution in [-0.4, -0.2) is 34.7 Å². The molecule has 1 aromatic heterocycles. The van der Waals surface area contributed by atoms with Crippen LogP contribution in [0.2, 0.25) is 0 Å². The van der Waals surface area contributed by atoms with Gasteiger partial charge in [-0.05, 0) is 48.5 Å². The standard InChI is InChI=1S/C20H20N2O5S/c1-25-14-6-9-16(10-7-14)28(23,24)22-18-5-4-12-21-20(18)17-11-8-15(26-2)13-19(17)27-3/h4-13,22H,1-3H3. The van der Waals surface area contributed by atoms with Gasteiger partial charge in [-0.25, -0.2) is 8.42 Å². The molecule has 0 radical (unpaired) electrons. The van der Waals surface area contributed by atoms with E-state index in [9.17, 15) is 8.42 Å². The lowest BCUT2D eigenvalue weighted by Crippen LogP contribution is -2.14. The highest BCUT2D eigenvalue weighted by Gasteiger charge is 2.19. The van der Waals surface area contributed by atoms with Crippen LogP contribution in [0.5, 0.6) is 17.2 Å². The van der Waals surface area contributed by atoms with E-state index in [1.54, 1.807) is 55.8 Å². The summed E-state index contributed by atoms with van der Waals surface area (Å²) >= 11 is 0. The second-order valence-electron chi connectivity index (χ2n) is 5.75. The van der Waals surface area contributed by atoms with Crippen molar-refractivity contribution in [2.75, 3.05) is 26.1 Å². The van der Waals surface area contributed by atoms with Gasteiger partial charge >= 0.3 is 0 Å². The summed E-state index contributed by atoms with van der Waals surface area (Å²) in [5, 5.41) is 0. The molecule has 7 nitrogen and oxygen atoms in total. The van der Waals surface area contributed by atoms with Crippen LogP contribution in [0.3, 0.4) is 0 Å². The SMILES string of the molecule is COc1ccc(S(=O)(=O)Nc2cccnc2-c2ccc(OC)cc2OC)cc1. The smallest absolute Gasteiger partial charge is 0.261 e. The van der Waals surface area contributed by atoms with Gasteiger partial charge in [0.15, 0.2) is 0 Å². The molecule has 0 atom stereocenters. The maximum atomic E-state index is 12.8.